The quantitative estimate of drug-likeness (QED) is 0.630. The SMILES string of the molecule is COCCOCCOCCOc1ccc(Cl)cc1C(=O)O. The lowest BCUT2D eigenvalue weighted by molar-refractivity contribution is 0.0178. The smallest absolute Gasteiger partial charge is 0.339 e. The third-order valence-corrected chi connectivity index (χ3v) is 2.70. The van der Waals surface area contributed by atoms with E-state index in [-0.39, 0.29) is 17.9 Å². The Kier molecular flexibility index (Phi) is 8.77. The van der Waals surface area contributed by atoms with Crippen molar-refractivity contribution in [2.24, 2.45) is 0 Å². The van der Waals surface area contributed by atoms with Crippen LogP contribution >= 0.6 is 11.6 Å². The van der Waals surface area contributed by atoms with Gasteiger partial charge in [0.15, 0.2) is 0 Å². The first-order chi connectivity index (χ1) is 10.1. The number of rotatable bonds is 11. The van der Waals surface area contributed by atoms with Crippen molar-refractivity contribution in [1.29, 1.82) is 0 Å². The Morgan fingerprint density at radius 2 is 1.71 bits per heavy atom. The number of carbonyl (C=O) groups is 1. The van der Waals surface area contributed by atoms with E-state index >= 15 is 0 Å². The van der Waals surface area contributed by atoms with Crippen LogP contribution in [0.5, 0.6) is 5.75 Å². The minimum absolute atomic E-state index is 0.0328. The summed E-state index contributed by atoms with van der Waals surface area (Å²) < 4.78 is 20.7. The monoisotopic (exact) mass is 318 g/mol. The Hall–Kier alpha value is -1.34. The van der Waals surface area contributed by atoms with Gasteiger partial charge >= 0.3 is 5.97 Å². The van der Waals surface area contributed by atoms with Gasteiger partial charge in [-0.05, 0) is 18.2 Å². The molecule has 0 aliphatic heterocycles. The average molecular weight is 319 g/mol. The molecule has 0 bridgehead atoms. The molecule has 6 nitrogen and oxygen atoms in total. The molecule has 1 aromatic rings. The number of aromatic carboxylic acids is 1. The lowest BCUT2D eigenvalue weighted by atomic mass is 10.2. The number of methoxy groups -OCH3 is 1. The molecule has 1 rings (SSSR count). The fourth-order valence-electron chi connectivity index (χ4n) is 1.47. The van der Waals surface area contributed by atoms with E-state index in [1.165, 1.54) is 12.1 Å². The molecular weight excluding hydrogens is 300 g/mol. The highest BCUT2D eigenvalue weighted by atomic mass is 35.5. The maximum absolute atomic E-state index is 11.0. The van der Waals surface area contributed by atoms with Gasteiger partial charge in [0, 0.05) is 12.1 Å². The molecule has 0 aliphatic rings. The highest BCUT2D eigenvalue weighted by molar-refractivity contribution is 6.31. The highest BCUT2D eigenvalue weighted by Gasteiger charge is 2.11. The van der Waals surface area contributed by atoms with Gasteiger partial charge in [-0.15, -0.1) is 0 Å². The topological polar surface area (TPSA) is 74.2 Å². The molecule has 1 N–H and O–H groups in total. The standard InChI is InChI=1S/C14H19ClO6/c1-18-4-5-19-6-7-20-8-9-21-13-3-2-11(15)10-12(13)14(16)17/h2-3,10H,4-9H2,1H3,(H,16,17). The van der Waals surface area contributed by atoms with Crippen LogP contribution in [0.15, 0.2) is 18.2 Å². The van der Waals surface area contributed by atoms with Gasteiger partial charge in [-0.1, -0.05) is 11.6 Å². The summed E-state index contributed by atoms with van der Waals surface area (Å²) in [5.74, 6) is -0.813. The van der Waals surface area contributed by atoms with Crippen molar-refractivity contribution in [2.45, 2.75) is 0 Å². The molecule has 0 radical (unpaired) electrons. The van der Waals surface area contributed by atoms with Crippen LogP contribution in [0.4, 0.5) is 0 Å². The Balaban J connectivity index is 2.20. The van der Waals surface area contributed by atoms with Crippen LogP contribution in [0.3, 0.4) is 0 Å². The van der Waals surface area contributed by atoms with E-state index in [0.29, 0.717) is 38.1 Å². The molecule has 0 unspecified atom stereocenters. The maximum Gasteiger partial charge on any atom is 0.339 e. The average Bonchev–Trinajstić information content (AvgIpc) is 2.46. The van der Waals surface area contributed by atoms with Crippen LogP contribution in [-0.2, 0) is 14.2 Å². The number of benzene rings is 1. The van der Waals surface area contributed by atoms with E-state index in [9.17, 15) is 4.79 Å². The summed E-state index contributed by atoms with van der Waals surface area (Å²) in [6.07, 6.45) is 0. The Labute approximate surface area is 128 Å². The molecule has 1 aromatic carbocycles. The third-order valence-electron chi connectivity index (χ3n) is 2.46. The molecule has 0 atom stereocenters. The van der Waals surface area contributed by atoms with Crippen LogP contribution in [-0.4, -0.2) is 57.8 Å². The molecule has 7 heteroatoms. The summed E-state index contributed by atoms with van der Waals surface area (Å²) in [4.78, 5) is 11.0. The molecule has 0 heterocycles. The first kappa shape index (κ1) is 17.7. The number of halogens is 1. The molecule has 0 saturated heterocycles. The van der Waals surface area contributed by atoms with Gasteiger partial charge < -0.3 is 24.1 Å². The predicted molar refractivity (Wildman–Crippen MR) is 77.4 cm³/mol. The summed E-state index contributed by atoms with van der Waals surface area (Å²) >= 11 is 5.75. The fraction of sp³-hybridized carbons (Fsp3) is 0.500. The van der Waals surface area contributed by atoms with E-state index in [2.05, 4.69) is 0 Å². The minimum atomic E-state index is -1.08. The van der Waals surface area contributed by atoms with Gasteiger partial charge in [-0.3, -0.25) is 0 Å². The first-order valence-electron chi connectivity index (χ1n) is 6.45. The zero-order chi connectivity index (χ0) is 15.5. The van der Waals surface area contributed by atoms with Gasteiger partial charge in [0.25, 0.3) is 0 Å². The van der Waals surface area contributed by atoms with Crippen LogP contribution in [0, 0.1) is 0 Å². The zero-order valence-electron chi connectivity index (χ0n) is 11.8. The van der Waals surface area contributed by atoms with E-state index < -0.39 is 5.97 Å². The molecule has 0 saturated carbocycles. The van der Waals surface area contributed by atoms with Crippen LogP contribution in [0.25, 0.3) is 0 Å². The minimum Gasteiger partial charge on any atom is -0.490 e. The van der Waals surface area contributed by atoms with Crippen molar-refractivity contribution < 1.29 is 28.8 Å². The normalized spacial score (nSPS) is 10.6. The van der Waals surface area contributed by atoms with Gasteiger partial charge in [-0.2, -0.15) is 0 Å². The lowest BCUT2D eigenvalue weighted by Crippen LogP contribution is -2.13. The van der Waals surface area contributed by atoms with Gasteiger partial charge in [0.05, 0.1) is 33.0 Å². The number of ether oxygens (including phenoxy) is 4. The second-order valence-corrected chi connectivity index (χ2v) is 4.45. The van der Waals surface area contributed by atoms with Gasteiger partial charge in [0.1, 0.15) is 17.9 Å². The summed E-state index contributed by atoms with van der Waals surface area (Å²) in [5, 5.41) is 9.39. The third kappa shape index (κ3) is 7.29. The molecule has 0 aliphatic carbocycles. The van der Waals surface area contributed by atoms with Crippen molar-refractivity contribution in [3.8, 4) is 5.75 Å². The second kappa shape index (κ2) is 10.4. The summed E-state index contributed by atoms with van der Waals surface area (Å²) in [5.41, 5.74) is 0.0328. The van der Waals surface area contributed by atoms with Crippen LogP contribution < -0.4 is 4.74 Å². The number of hydrogen-bond donors (Lipinski definition) is 1. The van der Waals surface area contributed by atoms with E-state index in [1.54, 1.807) is 13.2 Å². The Morgan fingerprint density at radius 1 is 1.10 bits per heavy atom. The molecule has 0 aromatic heterocycles. The summed E-state index contributed by atoms with van der Waals surface area (Å²) in [7, 11) is 1.61. The van der Waals surface area contributed by atoms with Crippen molar-refractivity contribution >= 4 is 17.6 Å². The molecule has 0 spiro atoms. The van der Waals surface area contributed by atoms with Crippen molar-refractivity contribution in [3.63, 3.8) is 0 Å². The Morgan fingerprint density at radius 3 is 2.33 bits per heavy atom. The largest absolute Gasteiger partial charge is 0.490 e. The van der Waals surface area contributed by atoms with E-state index in [0.717, 1.165) is 0 Å². The number of carboxylic acid groups (broad SMARTS) is 1. The molecule has 21 heavy (non-hydrogen) atoms. The first-order valence-corrected chi connectivity index (χ1v) is 6.83. The second-order valence-electron chi connectivity index (χ2n) is 4.01. The molecule has 0 fully saturated rings. The lowest BCUT2D eigenvalue weighted by Gasteiger charge is -2.10. The predicted octanol–water partition coefficient (Wildman–Crippen LogP) is 2.10. The van der Waals surface area contributed by atoms with E-state index in [1.807, 2.05) is 0 Å². The molecular formula is C14H19ClO6. The van der Waals surface area contributed by atoms with Crippen LogP contribution in [0.1, 0.15) is 10.4 Å². The summed E-state index contributed by atoms with van der Waals surface area (Å²) in [6, 6.07) is 4.46. The maximum atomic E-state index is 11.0. The zero-order valence-corrected chi connectivity index (χ0v) is 12.6. The fourth-order valence-corrected chi connectivity index (χ4v) is 1.64. The highest BCUT2D eigenvalue weighted by Crippen LogP contribution is 2.22. The Bertz CT molecular complexity index is 437. The van der Waals surface area contributed by atoms with Crippen molar-refractivity contribution in [1.82, 2.24) is 0 Å². The number of hydrogen-bond acceptors (Lipinski definition) is 5. The van der Waals surface area contributed by atoms with Gasteiger partial charge in [0.2, 0.25) is 0 Å². The number of carboxylic acids is 1. The summed E-state index contributed by atoms with van der Waals surface area (Å²) in [6.45, 7) is 2.60. The van der Waals surface area contributed by atoms with Crippen molar-refractivity contribution in [3.05, 3.63) is 28.8 Å². The van der Waals surface area contributed by atoms with E-state index in [4.69, 9.17) is 35.7 Å². The molecule has 0 amide bonds. The van der Waals surface area contributed by atoms with Gasteiger partial charge in [-0.25, -0.2) is 4.79 Å². The van der Waals surface area contributed by atoms with Crippen molar-refractivity contribution in [2.75, 3.05) is 46.8 Å². The molecule has 118 valence electrons. The van der Waals surface area contributed by atoms with Crippen LogP contribution in [0.2, 0.25) is 5.02 Å².